The van der Waals surface area contributed by atoms with Crippen LogP contribution in [0.1, 0.15) is 0 Å². The summed E-state index contributed by atoms with van der Waals surface area (Å²) in [4.78, 5) is 0. The van der Waals surface area contributed by atoms with Crippen LogP contribution in [0.3, 0.4) is 0 Å². The Kier molecular flexibility index (Phi) is 2.91. The minimum atomic E-state index is -0.458. The van der Waals surface area contributed by atoms with Gasteiger partial charge in [0, 0.05) is 0 Å². The molecule has 0 fully saturated rings. The van der Waals surface area contributed by atoms with Gasteiger partial charge in [0.15, 0.2) is 0 Å². The molecule has 0 aromatic heterocycles. The standard InChI is InChI=1S/C7H8O.H3N/c1-6-4-2-3-5-7(6)8;/h2-5,7-8H,1H2;1H3. The van der Waals surface area contributed by atoms with Crippen molar-refractivity contribution >= 4 is 0 Å². The zero-order valence-electron chi connectivity index (χ0n) is 5.25. The first kappa shape index (κ1) is 8.14. The van der Waals surface area contributed by atoms with Gasteiger partial charge in [-0.25, -0.2) is 0 Å². The smallest absolute Gasteiger partial charge is 0.0969 e. The van der Waals surface area contributed by atoms with Crippen molar-refractivity contribution in [1.29, 1.82) is 0 Å². The maximum atomic E-state index is 8.94. The van der Waals surface area contributed by atoms with Gasteiger partial charge < -0.3 is 11.3 Å². The van der Waals surface area contributed by atoms with Gasteiger partial charge in [0.25, 0.3) is 0 Å². The second-order valence-corrected chi connectivity index (χ2v) is 1.76. The van der Waals surface area contributed by atoms with Gasteiger partial charge in [-0.2, -0.15) is 0 Å². The number of allylic oxidation sites excluding steroid dienone is 2. The molecule has 1 unspecified atom stereocenters. The van der Waals surface area contributed by atoms with Crippen LogP contribution in [-0.2, 0) is 0 Å². The lowest BCUT2D eigenvalue weighted by Crippen LogP contribution is -2.04. The highest BCUT2D eigenvalue weighted by molar-refractivity contribution is 5.31. The van der Waals surface area contributed by atoms with Crippen LogP contribution in [0.5, 0.6) is 0 Å². The molecule has 1 rings (SSSR count). The van der Waals surface area contributed by atoms with Gasteiger partial charge in [-0.15, -0.1) is 0 Å². The van der Waals surface area contributed by atoms with E-state index in [0.29, 0.717) is 0 Å². The number of hydrogen-bond donors (Lipinski definition) is 2. The summed E-state index contributed by atoms with van der Waals surface area (Å²) in [6, 6.07) is 0. The van der Waals surface area contributed by atoms with Crippen LogP contribution in [-0.4, -0.2) is 11.2 Å². The van der Waals surface area contributed by atoms with Crippen molar-refractivity contribution in [2.75, 3.05) is 0 Å². The molecule has 9 heavy (non-hydrogen) atoms. The highest BCUT2D eigenvalue weighted by Crippen LogP contribution is 2.07. The molecule has 1 atom stereocenters. The van der Waals surface area contributed by atoms with E-state index in [9.17, 15) is 0 Å². The van der Waals surface area contributed by atoms with E-state index in [1.54, 1.807) is 18.2 Å². The molecule has 0 aliphatic heterocycles. The van der Waals surface area contributed by atoms with Crippen molar-refractivity contribution in [3.8, 4) is 0 Å². The predicted octanol–water partition coefficient (Wildman–Crippen LogP) is 1.19. The van der Waals surface area contributed by atoms with Crippen molar-refractivity contribution in [3.05, 3.63) is 36.5 Å². The summed E-state index contributed by atoms with van der Waals surface area (Å²) in [7, 11) is 0. The largest absolute Gasteiger partial charge is 0.384 e. The summed E-state index contributed by atoms with van der Waals surface area (Å²) < 4.78 is 0. The molecule has 1 aliphatic rings. The topological polar surface area (TPSA) is 55.2 Å². The molecule has 50 valence electrons. The van der Waals surface area contributed by atoms with Gasteiger partial charge in [-0.3, -0.25) is 0 Å². The molecule has 0 saturated heterocycles. The Labute approximate surface area is 54.8 Å². The minimum absolute atomic E-state index is 0. The van der Waals surface area contributed by atoms with Crippen LogP contribution in [0.15, 0.2) is 36.5 Å². The fourth-order valence-electron chi connectivity index (χ4n) is 0.571. The maximum Gasteiger partial charge on any atom is 0.0969 e. The first-order valence-electron chi connectivity index (χ1n) is 2.52. The van der Waals surface area contributed by atoms with Crippen LogP contribution in [0.4, 0.5) is 0 Å². The van der Waals surface area contributed by atoms with Crippen LogP contribution in [0.25, 0.3) is 0 Å². The van der Waals surface area contributed by atoms with Crippen molar-refractivity contribution < 1.29 is 5.11 Å². The Morgan fingerprint density at radius 1 is 1.44 bits per heavy atom. The average Bonchev–Trinajstić information content (AvgIpc) is 1.77. The molecule has 0 aromatic carbocycles. The third kappa shape index (κ3) is 1.83. The van der Waals surface area contributed by atoms with Gasteiger partial charge in [0.1, 0.15) is 0 Å². The van der Waals surface area contributed by atoms with Crippen LogP contribution in [0, 0.1) is 0 Å². The molecule has 0 radical (unpaired) electrons. The van der Waals surface area contributed by atoms with E-state index < -0.39 is 6.10 Å². The minimum Gasteiger partial charge on any atom is -0.384 e. The van der Waals surface area contributed by atoms with Crippen LogP contribution in [0.2, 0.25) is 0 Å². The molecule has 0 aromatic rings. The van der Waals surface area contributed by atoms with Crippen molar-refractivity contribution in [2.24, 2.45) is 0 Å². The summed E-state index contributed by atoms with van der Waals surface area (Å²) in [5.41, 5.74) is 0.757. The maximum absolute atomic E-state index is 8.94. The van der Waals surface area contributed by atoms with Gasteiger partial charge in [-0.05, 0) is 5.57 Å². The quantitative estimate of drug-likeness (QED) is 0.511. The Morgan fingerprint density at radius 2 is 2.11 bits per heavy atom. The van der Waals surface area contributed by atoms with Gasteiger partial charge in [-0.1, -0.05) is 30.9 Å². The molecular formula is C7H11NO. The molecule has 0 spiro atoms. The lowest BCUT2D eigenvalue weighted by Gasteiger charge is -2.06. The zero-order chi connectivity index (χ0) is 5.98. The lowest BCUT2D eigenvalue weighted by molar-refractivity contribution is 0.262. The lowest BCUT2D eigenvalue weighted by atomic mass is 10.1. The zero-order valence-corrected chi connectivity index (χ0v) is 5.25. The average molecular weight is 125 g/mol. The number of hydrogen-bond acceptors (Lipinski definition) is 2. The van der Waals surface area contributed by atoms with Gasteiger partial charge in [0.2, 0.25) is 0 Å². The van der Waals surface area contributed by atoms with Crippen molar-refractivity contribution in [2.45, 2.75) is 6.10 Å². The molecule has 0 heterocycles. The van der Waals surface area contributed by atoms with Crippen LogP contribution >= 0.6 is 0 Å². The summed E-state index contributed by atoms with van der Waals surface area (Å²) in [6.45, 7) is 3.61. The fourth-order valence-corrected chi connectivity index (χ4v) is 0.571. The predicted molar refractivity (Wildman–Crippen MR) is 38.4 cm³/mol. The normalized spacial score (nSPS) is 23.7. The van der Waals surface area contributed by atoms with Gasteiger partial charge in [0.05, 0.1) is 6.10 Å². The summed E-state index contributed by atoms with van der Waals surface area (Å²) in [6.07, 6.45) is 6.70. The second kappa shape index (κ2) is 3.22. The van der Waals surface area contributed by atoms with E-state index in [0.717, 1.165) is 5.57 Å². The van der Waals surface area contributed by atoms with E-state index in [-0.39, 0.29) is 6.15 Å². The fraction of sp³-hybridized carbons (Fsp3) is 0.143. The Hall–Kier alpha value is -0.860. The molecular weight excluding hydrogens is 114 g/mol. The summed E-state index contributed by atoms with van der Waals surface area (Å²) >= 11 is 0. The number of rotatable bonds is 0. The molecule has 2 heteroatoms. The van der Waals surface area contributed by atoms with Crippen molar-refractivity contribution in [1.82, 2.24) is 6.15 Å². The van der Waals surface area contributed by atoms with Crippen molar-refractivity contribution in [3.63, 3.8) is 0 Å². The Bertz CT molecular complexity index is 158. The van der Waals surface area contributed by atoms with E-state index in [2.05, 4.69) is 6.58 Å². The highest BCUT2D eigenvalue weighted by atomic mass is 16.3. The summed E-state index contributed by atoms with van der Waals surface area (Å²) in [5.74, 6) is 0. The third-order valence-corrected chi connectivity index (χ3v) is 1.09. The third-order valence-electron chi connectivity index (χ3n) is 1.09. The second-order valence-electron chi connectivity index (χ2n) is 1.76. The molecule has 4 N–H and O–H groups in total. The Morgan fingerprint density at radius 3 is 2.44 bits per heavy atom. The first-order valence-corrected chi connectivity index (χ1v) is 2.52. The molecule has 0 bridgehead atoms. The SMILES string of the molecule is C=C1C=CC=CC1O.N. The molecule has 0 amide bonds. The number of aliphatic hydroxyl groups excluding tert-OH is 1. The van der Waals surface area contributed by atoms with Crippen LogP contribution < -0.4 is 6.15 Å². The molecule has 2 nitrogen and oxygen atoms in total. The van der Waals surface area contributed by atoms with E-state index in [4.69, 9.17) is 5.11 Å². The number of aliphatic hydroxyl groups is 1. The van der Waals surface area contributed by atoms with Gasteiger partial charge >= 0.3 is 0 Å². The van der Waals surface area contributed by atoms with E-state index in [1.807, 2.05) is 6.08 Å². The molecule has 1 aliphatic carbocycles. The van der Waals surface area contributed by atoms with E-state index >= 15 is 0 Å². The summed E-state index contributed by atoms with van der Waals surface area (Å²) in [5, 5.41) is 8.94. The highest BCUT2D eigenvalue weighted by Gasteiger charge is 2.01. The molecule has 0 saturated carbocycles. The van der Waals surface area contributed by atoms with E-state index in [1.165, 1.54) is 0 Å². The first-order chi connectivity index (χ1) is 3.80. The Balaban J connectivity index is 0.000000640. The monoisotopic (exact) mass is 125 g/mol.